The summed E-state index contributed by atoms with van der Waals surface area (Å²) in [6, 6.07) is 0.469. The lowest BCUT2D eigenvalue weighted by atomic mass is 9.88. The Morgan fingerprint density at radius 3 is 3.07 bits per heavy atom. The fraction of sp³-hybridized carbons (Fsp3) is 0.917. The van der Waals surface area contributed by atoms with Gasteiger partial charge in [0.1, 0.15) is 0 Å². The van der Waals surface area contributed by atoms with Gasteiger partial charge in [-0.15, -0.1) is 0 Å². The van der Waals surface area contributed by atoms with Crippen LogP contribution in [0.5, 0.6) is 0 Å². The first-order chi connectivity index (χ1) is 7.33. The van der Waals surface area contributed by atoms with Gasteiger partial charge in [-0.1, -0.05) is 13.3 Å². The lowest BCUT2D eigenvalue weighted by Gasteiger charge is -2.41. The summed E-state index contributed by atoms with van der Waals surface area (Å²) in [5.41, 5.74) is 0. The lowest BCUT2D eigenvalue weighted by molar-refractivity contribution is -0.137. The Morgan fingerprint density at radius 1 is 1.47 bits per heavy atom. The molecule has 0 bridgehead atoms. The smallest absolute Gasteiger partial charge is 0.222 e. The second-order valence-corrected chi connectivity index (χ2v) is 4.77. The molecule has 2 atom stereocenters. The average molecular weight is 210 g/mol. The van der Waals surface area contributed by atoms with Crippen LogP contribution in [0.25, 0.3) is 0 Å². The van der Waals surface area contributed by atoms with Crippen LogP contribution >= 0.6 is 0 Å². The molecule has 2 aliphatic rings. The predicted molar refractivity (Wildman–Crippen MR) is 60.6 cm³/mol. The first-order valence-electron chi connectivity index (χ1n) is 6.33. The number of nitrogens with zero attached hydrogens (tertiary/aromatic N) is 1. The van der Waals surface area contributed by atoms with Crippen LogP contribution in [0, 0.1) is 5.92 Å². The molecule has 3 heteroatoms. The van der Waals surface area contributed by atoms with E-state index in [4.69, 9.17) is 0 Å². The molecule has 3 nitrogen and oxygen atoms in total. The van der Waals surface area contributed by atoms with Crippen LogP contribution < -0.4 is 5.32 Å². The molecule has 2 unspecified atom stereocenters. The molecule has 1 amide bonds. The number of carbonyl (C=O) groups excluding carboxylic acids is 1. The third-order valence-electron chi connectivity index (χ3n) is 3.87. The van der Waals surface area contributed by atoms with Gasteiger partial charge in [-0.3, -0.25) is 4.79 Å². The number of carbonyl (C=O) groups is 1. The van der Waals surface area contributed by atoms with Crippen LogP contribution in [0.1, 0.15) is 39.0 Å². The number of likely N-dealkylation sites (tertiary alicyclic amines) is 1. The van der Waals surface area contributed by atoms with Gasteiger partial charge in [0.25, 0.3) is 0 Å². The first kappa shape index (κ1) is 10.9. The van der Waals surface area contributed by atoms with Crippen molar-refractivity contribution >= 4 is 5.91 Å². The molecule has 0 radical (unpaired) electrons. The Morgan fingerprint density at radius 2 is 2.33 bits per heavy atom. The lowest BCUT2D eigenvalue weighted by Crippen LogP contribution is -2.54. The summed E-state index contributed by atoms with van der Waals surface area (Å²) < 4.78 is 0. The Labute approximate surface area is 92.2 Å². The van der Waals surface area contributed by atoms with Crippen molar-refractivity contribution in [3.8, 4) is 0 Å². The van der Waals surface area contributed by atoms with Crippen LogP contribution in [-0.4, -0.2) is 36.5 Å². The Kier molecular flexibility index (Phi) is 3.62. The van der Waals surface area contributed by atoms with Crippen molar-refractivity contribution in [1.82, 2.24) is 10.2 Å². The maximum atomic E-state index is 11.9. The van der Waals surface area contributed by atoms with Gasteiger partial charge in [0.15, 0.2) is 0 Å². The molecule has 2 rings (SSSR count). The zero-order valence-electron chi connectivity index (χ0n) is 9.67. The van der Waals surface area contributed by atoms with Crippen molar-refractivity contribution in [1.29, 1.82) is 0 Å². The van der Waals surface area contributed by atoms with E-state index < -0.39 is 0 Å². The molecular formula is C12H22N2O. The topological polar surface area (TPSA) is 32.3 Å². The van der Waals surface area contributed by atoms with Gasteiger partial charge in [0.05, 0.1) is 0 Å². The van der Waals surface area contributed by atoms with Crippen LogP contribution in [0.3, 0.4) is 0 Å². The fourth-order valence-electron chi connectivity index (χ4n) is 2.91. The molecule has 0 aromatic carbocycles. The van der Waals surface area contributed by atoms with Gasteiger partial charge in [-0.2, -0.15) is 0 Å². The van der Waals surface area contributed by atoms with Crippen LogP contribution in [0.15, 0.2) is 0 Å². The van der Waals surface area contributed by atoms with E-state index in [1.807, 2.05) is 0 Å². The van der Waals surface area contributed by atoms with Gasteiger partial charge in [0.2, 0.25) is 5.91 Å². The van der Waals surface area contributed by atoms with Crippen molar-refractivity contribution in [2.75, 3.05) is 19.6 Å². The summed E-state index contributed by atoms with van der Waals surface area (Å²) in [6.07, 6.45) is 5.49. The minimum atomic E-state index is 0.383. The van der Waals surface area contributed by atoms with Gasteiger partial charge in [-0.25, -0.2) is 0 Å². The van der Waals surface area contributed by atoms with E-state index in [1.54, 1.807) is 0 Å². The van der Waals surface area contributed by atoms with Crippen molar-refractivity contribution in [2.24, 2.45) is 5.92 Å². The second-order valence-electron chi connectivity index (χ2n) is 4.77. The molecule has 0 saturated carbocycles. The third kappa shape index (κ3) is 2.33. The Balaban J connectivity index is 2.02. The van der Waals surface area contributed by atoms with E-state index in [0.29, 0.717) is 17.9 Å². The molecule has 15 heavy (non-hydrogen) atoms. The van der Waals surface area contributed by atoms with Crippen LogP contribution in [-0.2, 0) is 4.79 Å². The molecular weight excluding hydrogens is 188 g/mol. The quantitative estimate of drug-likeness (QED) is 0.747. The zero-order valence-corrected chi connectivity index (χ0v) is 9.67. The summed E-state index contributed by atoms with van der Waals surface area (Å²) >= 11 is 0. The minimum Gasteiger partial charge on any atom is -0.338 e. The summed E-state index contributed by atoms with van der Waals surface area (Å²) in [6.45, 7) is 5.36. The highest BCUT2D eigenvalue weighted by atomic mass is 16.2. The summed E-state index contributed by atoms with van der Waals surface area (Å²) in [5.74, 6) is 1.10. The highest BCUT2D eigenvalue weighted by Crippen LogP contribution is 2.24. The van der Waals surface area contributed by atoms with Crippen LogP contribution in [0.4, 0.5) is 0 Å². The summed E-state index contributed by atoms with van der Waals surface area (Å²) in [4.78, 5) is 14.0. The number of piperidine rings is 2. The van der Waals surface area contributed by atoms with E-state index in [2.05, 4.69) is 17.1 Å². The van der Waals surface area contributed by atoms with Crippen molar-refractivity contribution in [3.05, 3.63) is 0 Å². The predicted octanol–water partition coefficient (Wildman–Crippen LogP) is 1.39. The van der Waals surface area contributed by atoms with Gasteiger partial charge in [-0.05, 0) is 31.7 Å². The summed E-state index contributed by atoms with van der Waals surface area (Å²) in [7, 11) is 0. The zero-order chi connectivity index (χ0) is 10.7. The van der Waals surface area contributed by atoms with E-state index in [9.17, 15) is 4.79 Å². The number of hydrogen-bond acceptors (Lipinski definition) is 2. The third-order valence-corrected chi connectivity index (χ3v) is 3.87. The molecule has 0 aliphatic carbocycles. The SMILES string of the molecule is CCC1CCNCC1N1CCCCC1=O. The monoisotopic (exact) mass is 210 g/mol. The average Bonchev–Trinajstić information content (AvgIpc) is 2.30. The molecule has 2 saturated heterocycles. The molecule has 0 aromatic heterocycles. The maximum absolute atomic E-state index is 11.9. The fourth-order valence-corrected chi connectivity index (χ4v) is 2.91. The minimum absolute atomic E-state index is 0.383. The maximum Gasteiger partial charge on any atom is 0.222 e. The van der Waals surface area contributed by atoms with E-state index in [-0.39, 0.29) is 0 Å². The number of nitrogens with one attached hydrogen (secondary N) is 1. The standard InChI is InChI=1S/C12H22N2O/c1-2-10-6-7-13-9-11(10)14-8-4-3-5-12(14)15/h10-11,13H,2-9H2,1H3. The highest BCUT2D eigenvalue weighted by molar-refractivity contribution is 5.77. The van der Waals surface area contributed by atoms with E-state index in [0.717, 1.165) is 32.5 Å². The normalized spacial score (nSPS) is 33.1. The number of amides is 1. The van der Waals surface area contributed by atoms with Crippen molar-refractivity contribution < 1.29 is 4.79 Å². The molecule has 0 spiro atoms. The van der Waals surface area contributed by atoms with Gasteiger partial charge >= 0.3 is 0 Å². The number of hydrogen-bond donors (Lipinski definition) is 1. The van der Waals surface area contributed by atoms with Crippen molar-refractivity contribution in [2.45, 2.75) is 45.1 Å². The van der Waals surface area contributed by atoms with Crippen LogP contribution in [0.2, 0.25) is 0 Å². The second kappa shape index (κ2) is 4.97. The molecule has 0 aromatic rings. The molecule has 2 aliphatic heterocycles. The van der Waals surface area contributed by atoms with E-state index >= 15 is 0 Å². The Bertz CT molecular complexity index is 230. The largest absolute Gasteiger partial charge is 0.338 e. The number of rotatable bonds is 2. The Hall–Kier alpha value is -0.570. The van der Waals surface area contributed by atoms with E-state index in [1.165, 1.54) is 19.3 Å². The molecule has 1 N–H and O–H groups in total. The molecule has 2 heterocycles. The molecule has 2 fully saturated rings. The summed E-state index contributed by atoms with van der Waals surface area (Å²) in [5, 5.41) is 3.42. The van der Waals surface area contributed by atoms with Gasteiger partial charge in [0, 0.05) is 25.6 Å². The first-order valence-corrected chi connectivity index (χ1v) is 6.33. The van der Waals surface area contributed by atoms with Gasteiger partial charge < -0.3 is 10.2 Å². The van der Waals surface area contributed by atoms with Crippen molar-refractivity contribution in [3.63, 3.8) is 0 Å². The molecule has 86 valence electrons. The highest BCUT2D eigenvalue weighted by Gasteiger charge is 2.32.